The molecule has 0 radical (unpaired) electrons. The summed E-state index contributed by atoms with van der Waals surface area (Å²) < 4.78 is 0. The van der Waals surface area contributed by atoms with Gasteiger partial charge in [-0.25, -0.2) is 0 Å². The lowest BCUT2D eigenvalue weighted by Crippen LogP contribution is -2.03. The number of aryl methyl sites for hydroxylation is 1. The van der Waals surface area contributed by atoms with Gasteiger partial charge in [-0.15, -0.1) is 0 Å². The van der Waals surface area contributed by atoms with Gasteiger partial charge in [0.2, 0.25) is 0 Å². The van der Waals surface area contributed by atoms with Crippen molar-refractivity contribution in [1.82, 2.24) is 0 Å². The van der Waals surface area contributed by atoms with Crippen LogP contribution in [-0.2, 0) is 4.79 Å². The van der Waals surface area contributed by atoms with Crippen molar-refractivity contribution in [3.05, 3.63) is 35.4 Å². The topological polar surface area (TPSA) is 17.1 Å². The predicted octanol–water partition coefficient (Wildman–Crippen LogP) is 3.61. The fourth-order valence-electron chi connectivity index (χ4n) is 2.31. The van der Waals surface area contributed by atoms with Crippen LogP contribution in [0.5, 0.6) is 0 Å². The fourth-order valence-corrected chi connectivity index (χ4v) is 2.31. The van der Waals surface area contributed by atoms with E-state index in [1.807, 2.05) is 0 Å². The van der Waals surface area contributed by atoms with Crippen LogP contribution in [0.1, 0.15) is 49.1 Å². The molecule has 1 saturated carbocycles. The Bertz CT molecular complexity index is 337. The van der Waals surface area contributed by atoms with E-state index in [9.17, 15) is 4.79 Å². The van der Waals surface area contributed by atoms with E-state index in [-0.39, 0.29) is 0 Å². The molecule has 0 heterocycles. The van der Waals surface area contributed by atoms with Crippen LogP contribution in [0.2, 0.25) is 0 Å². The Balaban J connectivity index is 2.14. The minimum Gasteiger partial charge on any atom is -0.300 e. The molecule has 1 nitrogen and oxygen atoms in total. The molecule has 1 fully saturated rings. The van der Waals surface area contributed by atoms with E-state index in [2.05, 4.69) is 31.2 Å². The van der Waals surface area contributed by atoms with Gasteiger partial charge in [0.25, 0.3) is 0 Å². The summed E-state index contributed by atoms with van der Waals surface area (Å²) in [5.74, 6) is 0.915. The minimum atomic E-state index is 0.443. The van der Waals surface area contributed by atoms with Crippen molar-refractivity contribution in [3.63, 3.8) is 0 Å². The summed E-state index contributed by atoms with van der Waals surface area (Å²) in [5.41, 5.74) is 2.63. The number of hydrogen-bond donors (Lipinski definition) is 0. The lowest BCUT2D eigenvalue weighted by Gasteiger charge is -2.13. The minimum absolute atomic E-state index is 0.443. The maximum absolute atomic E-state index is 11.5. The SMILES string of the molecule is Cc1ccc(C2CCCCC(=O)C2)cc1. The van der Waals surface area contributed by atoms with Gasteiger partial charge in [-0.1, -0.05) is 36.2 Å². The lowest BCUT2D eigenvalue weighted by atomic mass is 9.91. The van der Waals surface area contributed by atoms with E-state index in [0.717, 1.165) is 19.3 Å². The molecule has 0 aromatic heterocycles. The molecular weight excluding hydrogens is 184 g/mol. The molecular formula is C14H18O. The molecule has 1 aliphatic rings. The van der Waals surface area contributed by atoms with Crippen molar-refractivity contribution in [2.75, 3.05) is 0 Å². The molecule has 1 aromatic rings. The molecule has 1 aromatic carbocycles. The van der Waals surface area contributed by atoms with E-state index >= 15 is 0 Å². The molecule has 1 aliphatic carbocycles. The molecule has 1 heteroatoms. The summed E-state index contributed by atoms with van der Waals surface area (Å²) in [6.45, 7) is 2.10. The maximum atomic E-state index is 11.5. The second-order valence-electron chi connectivity index (χ2n) is 4.60. The van der Waals surface area contributed by atoms with Crippen molar-refractivity contribution < 1.29 is 4.79 Å². The maximum Gasteiger partial charge on any atom is 0.133 e. The number of ketones is 1. The van der Waals surface area contributed by atoms with Gasteiger partial charge in [-0.2, -0.15) is 0 Å². The highest BCUT2D eigenvalue weighted by atomic mass is 16.1. The van der Waals surface area contributed by atoms with Crippen LogP contribution in [-0.4, -0.2) is 5.78 Å². The van der Waals surface area contributed by atoms with Crippen molar-refractivity contribution in [1.29, 1.82) is 0 Å². The molecule has 0 N–H and O–H groups in total. The van der Waals surface area contributed by atoms with E-state index in [0.29, 0.717) is 11.7 Å². The van der Waals surface area contributed by atoms with Crippen molar-refractivity contribution in [3.8, 4) is 0 Å². The first-order valence-corrected chi connectivity index (χ1v) is 5.84. The standard InChI is InChI=1S/C14H18O/c1-11-6-8-12(9-7-11)13-4-2-3-5-14(15)10-13/h6-9,13H,2-5,10H2,1H3. The van der Waals surface area contributed by atoms with Crippen molar-refractivity contribution in [2.24, 2.45) is 0 Å². The first-order valence-electron chi connectivity index (χ1n) is 5.84. The van der Waals surface area contributed by atoms with Gasteiger partial charge in [0.15, 0.2) is 0 Å². The molecule has 0 spiro atoms. The Morgan fingerprint density at radius 3 is 2.60 bits per heavy atom. The van der Waals surface area contributed by atoms with Gasteiger partial charge < -0.3 is 0 Å². The Morgan fingerprint density at radius 1 is 1.13 bits per heavy atom. The van der Waals surface area contributed by atoms with Gasteiger partial charge in [0.05, 0.1) is 0 Å². The Kier molecular flexibility index (Phi) is 3.20. The highest BCUT2D eigenvalue weighted by molar-refractivity contribution is 5.79. The van der Waals surface area contributed by atoms with Gasteiger partial charge in [-0.3, -0.25) is 4.79 Å². The Hall–Kier alpha value is -1.11. The van der Waals surface area contributed by atoms with Gasteiger partial charge >= 0.3 is 0 Å². The Morgan fingerprint density at radius 2 is 1.87 bits per heavy atom. The Labute approximate surface area is 91.5 Å². The highest BCUT2D eigenvalue weighted by Gasteiger charge is 2.18. The number of Topliss-reactive ketones (excluding diaryl/α,β-unsaturated/α-hetero) is 1. The van der Waals surface area contributed by atoms with Gasteiger partial charge in [0, 0.05) is 12.8 Å². The van der Waals surface area contributed by atoms with Crippen LogP contribution < -0.4 is 0 Å². The molecule has 0 amide bonds. The van der Waals surface area contributed by atoms with Crippen LogP contribution in [0.25, 0.3) is 0 Å². The second kappa shape index (κ2) is 4.61. The third-order valence-corrected chi connectivity index (χ3v) is 3.28. The summed E-state index contributed by atoms with van der Waals surface area (Å²) in [4.78, 5) is 11.5. The molecule has 0 aliphatic heterocycles. The zero-order chi connectivity index (χ0) is 10.7. The van der Waals surface area contributed by atoms with Gasteiger partial charge in [-0.05, 0) is 31.2 Å². The van der Waals surface area contributed by atoms with E-state index in [1.165, 1.54) is 24.0 Å². The second-order valence-corrected chi connectivity index (χ2v) is 4.60. The van der Waals surface area contributed by atoms with E-state index < -0.39 is 0 Å². The van der Waals surface area contributed by atoms with Crippen molar-refractivity contribution >= 4 is 5.78 Å². The summed E-state index contributed by atoms with van der Waals surface area (Å²) in [5, 5.41) is 0. The first-order chi connectivity index (χ1) is 7.25. The largest absolute Gasteiger partial charge is 0.300 e. The average molecular weight is 202 g/mol. The number of carbonyl (C=O) groups is 1. The number of carbonyl (C=O) groups excluding carboxylic acids is 1. The van der Waals surface area contributed by atoms with Crippen LogP contribution in [0.15, 0.2) is 24.3 Å². The lowest BCUT2D eigenvalue weighted by molar-refractivity contribution is -0.119. The molecule has 80 valence electrons. The zero-order valence-corrected chi connectivity index (χ0v) is 9.33. The highest BCUT2D eigenvalue weighted by Crippen LogP contribution is 2.29. The fraction of sp³-hybridized carbons (Fsp3) is 0.500. The third kappa shape index (κ3) is 2.68. The predicted molar refractivity (Wildman–Crippen MR) is 62.0 cm³/mol. The first kappa shape index (κ1) is 10.4. The average Bonchev–Trinajstić information content (AvgIpc) is 2.44. The van der Waals surface area contributed by atoms with Crippen LogP contribution in [0, 0.1) is 6.92 Å². The smallest absolute Gasteiger partial charge is 0.133 e. The summed E-state index contributed by atoms with van der Waals surface area (Å²) >= 11 is 0. The molecule has 0 saturated heterocycles. The number of hydrogen-bond acceptors (Lipinski definition) is 1. The van der Waals surface area contributed by atoms with E-state index in [1.54, 1.807) is 0 Å². The normalized spacial score (nSPS) is 22.5. The molecule has 15 heavy (non-hydrogen) atoms. The van der Waals surface area contributed by atoms with Crippen LogP contribution >= 0.6 is 0 Å². The molecule has 1 atom stereocenters. The molecule has 2 rings (SSSR count). The monoisotopic (exact) mass is 202 g/mol. The van der Waals surface area contributed by atoms with E-state index in [4.69, 9.17) is 0 Å². The molecule has 0 bridgehead atoms. The van der Waals surface area contributed by atoms with Crippen LogP contribution in [0.4, 0.5) is 0 Å². The zero-order valence-electron chi connectivity index (χ0n) is 9.33. The number of rotatable bonds is 1. The summed E-state index contributed by atoms with van der Waals surface area (Å²) in [6.07, 6.45) is 5.01. The van der Waals surface area contributed by atoms with Gasteiger partial charge in [0.1, 0.15) is 5.78 Å². The van der Waals surface area contributed by atoms with Crippen LogP contribution in [0.3, 0.4) is 0 Å². The van der Waals surface area contributed by atoms with Crippen molar-refractivity contribution in [2.45, 2.75) is 44.9 Å². The summed E-state index contributed by atoms with van der Waals surface area (Å²) in [7, 11) is 0. The molecule has 1 unspecified atom stereocenters. The summed E-state index contributed by atoms with van der Waals surface area (Å²) in [6, 6.07) is 8.65. The quantitative estimate of drug-likeness (QED) is 0.636. The third-order valence-electron chi connectivity index (χ3n) is 3.28. The number of benzene rings is 1.